The number of hydrogen-bond donors (Lipinski definition) is 1. The van der Waals surface area contributed by atoms with E-state index in [4.69, 9.17) is 0 Å². The summed E-state index contributed by atoms with van der Waals surface area (Å²) in [6.45, 7) is 0.258. The molecule has 0 saturated carbocycles. The summed E-state index contributed by atoms with van der Waals surface area (Å²) < 4.78 is 16.3. The molecule has 3 aromatic rings. The van der Waals surface area contributed by atoms with Crippen molar-refractivity contribution >= 4 is 27.0 Å². The van der Waals surface area contributed by atoms with Crippen LogP contribution in [0.15, 0.2) is 53.3 Å². The Labute approximate surface area is 123 Å². The largest absolute Gasteiger partial charge is 0.386 e. The molecule has 0 bridgehead atoms. The molecule has 102 valence electrons. The highest BCUT2D eigenvalue weighted by Crippen LogP contribution is 2.24. The molecule has 0 aliphatic carbocycles. The number of imidazole rings is 1. The van der Waals surface area contributed by atoms with Gasteiger partial charge in [-0.3, -0.25) is 0 Å². The highest BCUT2D eigenvalue weighted by molar-refractivity contribution is 9.10. The van der Waals surface area contributed by atoms with Crippen LogP contribution in [0.3, 0.4) is 0 Å². The molecular formula is C15H12BrFN2O. The summed E-state index contributed by atoms with van der Waals surface area (Å²) in [5.74, 6) is -0.412. The van der Waals surface area contributed by atoms with E-state index in [-0.39, 0.29) is 12.1 Å². The molecule has 0 fully saturated rings. The predicted molar refractivity (Wildman–Crippen MR) is 78.8 cm³/mol. The van der Waals surface area contributed by atoms with E-state index in [0.29, 0.717) is 0 Å². The van der Waals surface area contributed by atoms with E-state index < -0.39 is 11.9 Å². The van der Waals surface area contributed by atoms with Crippen LogP contribution >= 0.6 is 15.9 Å². The van der Waals surface area contributed by atoms with E-state index in [1.165, 1.54) is 6.07 Å². The highest BCUT2D eigenvalue weighted by atomic mass is 79.9. The second kappa shape index (κ2) is 5.34. The maximum absolute atomic E-state index is 13.8. The Morgan fingerprint density at radius 2 is 2.05 bits per heavy atom. The number of nitrogens with zero attached hydrogens (tertiary/aromatic N) is 2. The number of benzene rings is 2. The lowest BCUT2D eigenvalue weighted by Crippen LogP contribution is -2.09. The van der Waals surface area contributed by atoms with Gasteiger partial charge in [-0.15, -0.1) is 0 Å². The lowest BCUT2D eigenvalue weighted by molar-refractivity contribution is 0.153. The van der Waals surface area contributed by atoms with E-state index in [9.17, 15) is 9.50 Å². The molecule has 0 aliphatic heterocycles. The summed E-state index contributed by atoms with van der Waals surface area (Å²) in [6, 6.07) is 12.2. The first-order chi connectivity index (χ1) is 9.65. The molecule has 3 nitrogen and oxygen atoms in total. The smallest absolute Gasteiger partial charge is 0.129 e. The van der Waals surface area contributed by atoms with Crippen molar-refractivity contribution in [2.24, 2.45) is 0 Å². The molecule has 2 aromatic carbocycles. The molecule has 0 amide bonds. The molecule has 1 atom stereocenters. The zero-order chi connectivity index (χ0) is 14.1. The Bertz CT molecular complexity index is 756. The Balaban J connectivity index is 1.92. The quantitative estimate of drug-likeness (QED) is 0.793. The minimum atomic E-state index is -0.926. The standard InChI is InChI=1S/C15H12BrFN2O/c16-10-5-6-12(17)11(7-10)15(20)8-19-9-18-13-3-1-2-4-14(13)19/h1-7,9,15,20H,8H2. The molecule has 3 rings (SSSR count). The fourth-order valence-corrected chi connectivity index (χ4v) is 2.59. The molecule has 1 aromatic heterocycles. The number of para-hydroxylation sites is 2. The minimum Gasteiger partial charge on any atom is -0.386 e. The Morgan fingerprint density at radius 1 is 1.25 bits per heavy atom. The van der Waals surface area contributed by atoms with Crippen LogP contribution in [0.2, 0.25) is 0 Å². The molecule has 0 spiro atoms. The van der Waals surface area contributed by atoms with Crippen molar-refractivity contribution in [3.05, 3.63) is 64.6 Å². The van der Waals surface area contributed by atoms with Gasteiger partial charge in [-0.25, -0.2) is 9.37 Å². The minimum absolute atomic E-state index is 0.258. The van der Waals surface area contributed by atoms with E-state index in [1.54, 1.807) is 18.5 Å². The van der Waals surface area contributed by atoms with Crippen molar-refractivity contribution < 1.29 is 9.50 Å². The Hall–Kier alpha value is -1.72. The predicted octanol–water partition coefficient (Wildman–Crippen LogP) is 3.67. The van der Waals surface area contributed by atoms with Gasteiger partial charge in [-0.2, -0.15) is 0 Å². The summed E-state index contributed by atoms with van der Waals surface area (Å²) >= 11 is 3.29. The van der Waals surface area contributed by atoms with Gasteiger partial charge in [-0.1, -0.05) is 28.1 Å². The second-order valence-corrected chi connectivity index (χ2v) is 5.48. The van der Waals surface area contributed by atoms with Gasteiger partial charge in [0.05, 0.1) is 30.0 Å². The summed E-state index contributed by atoms with van der Waals surface area (Å²) in [4.78, 5) is 4.25. The van der Waals surface area contributed by atoms with Crippen LogP contribution in [-0.4, -0.2) is 14.7 Å². The average Bonchev–Trinajstić information content (AvgIpc) is 2.85. The van der Waals surface area contributed by atoms with Gasteiger partial charge in [-0.05, 0) is 30.3 Å². The number of rotatable bonds is 3. The lowest BCUT2D eigenvalue weighted by atomic mass is 10.1. The topological polar surface area (TPSA) is 38.0 Å². The van der Waals surface area contributed by atoms with Crippen molar-refractivity contribution in [3.8, 4) is 0 Å². The summed E-state index contributed by atoms with van der Waals surface area (Å²) in [7, 11) is 0. The van der Waals surface area contributed by atoms with Crippen LogP contribution in [0.25, 0.3) is 11.0 Å². The summed E-state index contributed by atoms with van der Waals surface area (Å²) in [6.07, 6.45) is 0.731. The van der Waals surface area contributed by atoms with Gasteiger partial charge in [0.25, 0.3) is 0 Å². The Morgan fingerprint density at radius 3 is 2.90 bits per heavy atom. The third-order valence-electron chi connectivity index (χ3n) is 3.21. The summed E-state index contributed by atoms with van der Waals surface area (Å²) in [5, 5.41) is 10.2. The number of aliphatic hydroxyl groups is 1. The van der Waals surface area contributed by atoms with Crippen LogP contribution in [0.4, 0.5) is 4.39 Å². The molecule has 0 aliphatic rings. The van der Waals surface area contributed by atoms with Crippen LogP contribution in [-0.2, 0) is 6.54 Å². The van der Waals surface area contributed by atoms with Gasteiger partial charge in [0, 0.05) is 10.0 Å². The van der Waals surface area contributed by atoms with Crippen molar-refractivity contribution in [2.45, 2.75) is 12.6 Å². The first-order valence-corrected chi connectivity index (χ1v) is 6.97. The number of halogens is 2. The van der Waals surface area contributed by atoms with Gasteiger partial charge < -0.3 is 9.67 Å². The van der Waals surface area contributed by atoms with Crippen LogP contribution in [0.5, 0.6) is 0 Å². The van der Waals surface area contributed by atoms with Gasteiger partial charge in [0.1, 0.15) is 5.82 Å². The van der Waals surface area contributed by atoms with Gasteiger partial charge in [0.2, 0.25) is 0 Å². The molecule has 1 heterocycles. The molecule has 0 radical (unpaired) electrons. The average molecular weight is 335 g/mol. The summed E-state index contributed by atoms with van der Waals surface area (Å²) in [5.41, 5.74) is 2.05. The zero-order valence-electron chi connectivity index (χ0n) is 10.5. The number of fused-ring (bicyclic) bond motifs is 1. The number of aliphatic hydroxyl groups excluding tert-OH is 1. The molecule has 5 heteroatoms. The van der Waals surface area contributed by atoms with Crippen LogP contribution < -0.4 is 0 Å². The number of hydrogen-bond acceptors (Lipinski definition) is 2. The van der Waals surface area contributed by atoms with Gasteiger partial charge >= 0.3 is 0 Å². The van der Waals surface area contributed by atoms with Crippen LogP contribution in [0.1, 0.15) is 11.7 Å². The van der Waals surface area contributed by atoms with Crippen molar-refractivity contribution in [3.63, 3.8) is 0 Å². The van der Waals surface area contributed by atoms with Crippen molar-refractivity contribution in [1.82, 2.24) is 9.55 Å². The van der Waals surface area contributed by atoms with E-state index in [2.05, 4.69) is 20.9 Å². The first-order valence-electron chi connectivity index (χ1n) is 6.18. The maximum atomic E-state index is 13.8. The SMILES string of the molecule is OC(Cn1cnc2ccccc21)c1cc(Br)ccc1F. The fraction of sp³-hybridized carbons (Fsp3) is 0.133. The zero-order valence-corrected chi connectivity index (χ0v) is 12.1. The fourth-order valence-electron chi connectivity index (χ4n) is 2.21. The Kier molecular flexibility index (Phi) is 3.54. The maximum Gasteiger partial charge on any atom is 0.129 e. The second-order valence-electron chi connectivity index (χ2n) is 4.57. The van der Waals surface area contributed by atoms with Crippen molar-refractivity contribution in [2.75, 3.05) is 0 Å². The molecule has 1 N–H and O–H groups in total. The first kappa shape index (κ1) is 13.3. The highest BCUT2D eigenvalue weighted by Gasteiger charge is 2.15. The van der Waals surface area contributed by atoms with E-state index in [0.717, 1.165) is 15.5 Å². The van der Waals surface area contributed by atoms with Crippen LogP contribution in [0, 0.1) is 5.82 Å². The van der Waals surface area contributed by atoms with E-state index >= 15 is 0 Å². The third-order valence-corrected chi connectivity index (χ3v) is 3.71. The van der Waals surface area contributed by atoms with Crippen molar-refractivity contribution in [1.29, 1.82) is 0 Å². The number of aromatic nitrogens is 2. The molecular weight excluding hydrogens is 323 g/mol. The normalized spacial score (nSPS) is 12.8. The van der Waals surface area contributed by atoms with E-state index in [1.807, 2.05) is 28.8 Å². The molecule has 20 heavy (non-hydrogen) atoms. The van der Waals surface area contributed by atoms with Gasteiger partial charge in [0.15, 0.2) is 0 Å². The lowest BCUT2D eigenvalue weighted by Gasteiger charge is -2.13. The molecule has 0 saturated heterocycles. The molecule has 1 unspecified atom stereocenters. The monoisotopic (exact) mass is 334 g/mol. The third kappa shape index (κ3) is 2.46.